The summed E-state index contributed by atoms with van der Waals surface area (Å²) in [5.74, 6) is -0.818. The van der Waals surface area contributed by atoms with Crippen LogP contribution in [0.15, 0.2) is 30.5 Å². The van der Waals surface area contributed by atoms with Crippen LogP contribution in [0.2, 0.25) is 5.02 Å². The number of aromatic nitrogens is 1. The van der Waals surface area contributed by atoms with Crippen molar-refractivity contribution in [1.29, 1.82) is 0 Å². The zero-order valence-electron chi connectivity index (χ0n) is 15.8. The van der Waals surface area contributed by atoms with Crippen molar-refractivity contribution >= 4 is 47.8 Å². The third-order valence-corrected chi connectivity index (χ3v) is 9.56. The maximum atomic E-state index is 13.0. The summed E-state index contributed by atoms with van der Waals surface area (Å²) in [4.78, 5) is 3.75. The second-order valence-corrected chi connectivity index (χ2v) is 11.8. The van der Waals surface area contributed by atoms with Gasteiger partial charge in [0, 0.05) is 18.8 Å². The lowest BCUT2D eigenvalue weighted by Gasteiger charge is -2.25. The molecule has 2 aromatic rings. The molecular formula is C19H19ClN2O5S2. The number of halogens is 1. The van der Waals surface area contributed by atoms with E-state index in [2.05, 4.69) is 4.98 Å². The first-order chi connectivity index (χ1) is 13.6. The van der Waals surface area contributed by atoms with E-state index in [1.807, 2.05) is 0 Å². The Morgan fingerprint density at radius 2 is 1.93 bits per heavy atom. The molecule has 1 N–H and O–H groups in total. The molecule has 0 bridgehead atoms. The minimum absolute atomic E-state index is 0.0405. The van der Waals surface area contributed by atoms with Crippen molar-refractivity contribution in [3.05, 3.63) is 57.9 Å². The Hall–Kier alpha value is -2.10. The molecule has 1 aliphatic heterocycles. The number of fused-ring (bicyclic) bond motifs is 1. The van der Waals surface area contributed by atoms with Gasteiger partial charge in [-0.25, -0.2) is 16.8 Å². The number of aliphatic hydroxyl groups excluding tert-OH is 1. The highest BCUT2D eigenvalue weighted by atomic mass is 35.5. The molecule has 0 amide bonds. The number of pyridine rings is 1. The molecule has 1 aliphatic carbocycles. The van der Waals surface area contributed by atoms with Crippen LogP contribution in [-0.4, -0.2) is 39.2 Å². The van der Waals surface area contributed by atoms with Gasteiger partial charge in [-0.15, -0.1) is 0 Å². The zero-order chi connectivity index (χ0) is 21.1. The van der Waals surface area contributed by atoms with Crippen LogP contribution in [-0.2, 0) is 25.6 Å². The van der Waals surface area contributed by atoms with Crippen LogP contribution in [0.4, 0.5) is 5.69 Å². The molecule has 0 radical (unpaired) electrons. The van der Waals surface area contributed by atoms with Gasteiger partial charge in [0.25, 0.3) is 0 Å². The van der Waals surface area contributed by atoms with Gasteiger partial charge in [0.05, 0.1) is 21.7 Å². The molecular weight excluding hydrogens is 436 g/mol. The molecule has 0 atom stereocenters. The highest BCUT2D eigenvalue weighted by Gasteiger charge is 2.41. The molecule has 10 heteroatoms. The summed E-state index contributed by atoms with van der Waals surface area (Å²) in [6.07, 6.45) is 2.64. The molecule has 2 heterocycles. The van der Waals surface area contributed by atoms with Crippen molar-refractivity contribution in [3.63, 3.8) is 0 Å². The summed E-state index contributed by atoms with van der Waals surface area (Å²) in [6, 6.07) is 6.27. The normalized spacial score (nSPS) is 18.4. The quantitative estimate of drug-likeness (QED) is 0.760. The van der Waals surface area contributed by atoms with Crippen molar-refractivity contribution < 1.29 is 21.9 Å². The Morgan fingerprint density at radius 3 is 2.59 bits per heavy atom. The maximum absolute atomic E-state index is 13.0. The zero-order valence-corrected chi connectivity index (χ0v) is 18.1. The fourth-order valence-corrected chi connectivity index (χ4v) is 7.43. The van der Waals surface area contributed by atoms with E-state index in [4.69, 9.17) is 11.6 Å². The van der Waals surface area contributed by atoms with Crippen molar-refractivity contribution in [2.24, 2.45) is 0 Å². The fraction of sp³-hybridized carbons (Fsp3) is 0.316. The predicted molar refractivity (Wildman–Crippen MR) is 113 cm³/mol. The molecule has 0 unspecified atom stereocenters. The van der Waals surface area contributed by atoms with Crippen LogP contribution in [0.25, 0.3) is 10.7 Å². The van der Waals surface area contributed by atoms with Gasteiger partial charge in [-0.2, -0.15) is 0 Å². The first-order valence-corrected chi connectivity index (χ1v) is 12.5. The van der Waals surface area contributed by atoms with Crippen molar-refractivity contribution in [2.75, 3.05) is 11.4 Å². The standard InChI is InChI=1S/C19H19ClN2O5S2/c1-11-5-8-14(15(20)17(11)22(2)29(26,27)13-6-7-13)19-18(23)16-12(4-3-9-21-16)10-28(19,24)25/h3-5,8-9,13,23H,6-7,10H2,1-2H3. The van der Waals surface area contributed by atoms with Gasteiger partial charge < -0.3 is 5.11 Å². The van der Waals surface area contributed by atoms with E-state index in [1.54, 1.807) is 25.1 Å². The van der Waals surface area contributed by atoms with E-state index < -0.39 is 30.9 Å². The number of hydrogen-bond donors (Lipinski definition) is 1. The number of aliphatic hydroxyl groups is 1. The molecule has 1 saturated carbocycles. The van der Waals surface area contributed by atoms with E-state index in [1.165, 1.54) is 19.3 Å². The molecule has 0 spiro atoms. The smallest absolute Gasteiger partial charge is 0.237 e. The van der Waals surface area contributed by atoms with Crippen molar-refractivity contribution in [2.45, 2.75) is 30.8 Å². The van der Waals surface area contributed by atoms with E-state index in [0.717, 1.165) is 4.31 Å². The third-order valence-electron chi connectivity index (χ3n) is 5.19. The fourth-order valence-electron chi connectivity index (χ4n) is 3.53. The van der Waals surface area contributed by atoms with Crippen LogP contribution in [0, 0.1) is 6.92 Å². The number of anilines is 1. The number of hydrogen-bond acceptors (Lipinski definition) is 6. The van der Waals surface area contributed by atoms with Gasteiger partial charge >= 0.3 is 0 Å². The molecule has 7 nitrogen and oxygen atoms in total. The second-order valence-electron chi connectivity index (χ2n) is 7.25. The number of rotatable bonds is 4. The van der Waals surface area contributed by atoms with E-state index in [-0.39, 0.29) is 32.6 Å². The highest BCUT2D eigenvalue weighted by Crippen LogP contribution is 2.44. The molecule has 154 valence electrons. The van der Waals surface area contributed by atoms with Gasteiger partial charge in [-0.3, -0.25) is 9.29 Å². The average Bonchev–Trinajstić information content (AvgIpc) is 3.48. The molecule has 1 aromatic heterocycles. The van der Waals surface area contributed by atoms with Crippen molar-refractivity contribution in [3.8, 4) is 0 Å². The SMILES string of the molecule is Cc1ccc(C2=C(O)c3ncccc3CS2(=O)=O)c(Cl)c1N(C)S(=O)(=O)C1CC1. The molecule has 1 aromatic carbocycles. The first-order valence-electron chi connectivity index (χ1n) is 8.93. The Labute approximate surface area is 174 Å². The van der Waals surface area contributed by atoms with Gasteiger partial charge in [-0.05, 0) is 37.0 Å². The van der Waals surface area contributed by atoms with Gasteiger partial charge in [-0.1, -0.05) is 29.8 Å². The highest BCUT2D eigenvalue weighted by molar-refractivity contribution is 8.00. The van der Waals surface area contributed by atoms with Crippen LogP contribution in [0.5, 0.6) is 0 Å². The summed E-state index contributed by atoms with van der Waals surface area (Å²) in [6.45, 7) is 1.70. The lowest BCUT2D eigenvalue weighted by molar-refractivity contribution is 0.508. The third kappa shape index (κ3) is 3.21. The summed E-state index contributed by atoms with van der Waals surface area (Å²) >= 11 is 6.56. The summed E-state index contributed by atoms with van der Waals surface area (Å²) in [7, 11) is -6.10. The topological polar surface area (TPSA) is 105 Å². The number of nitrogens with zero attached hydrogens (tertiary/aromatic N) is 2. The Morgan fingerprint density at radius 1 is 1.24 bits per heavy atom. The van der Waals surface area contributed by atoms with Crippen LogP contribution in [0.3, 0.4) is 0 Å². The molecule has 1 fully saturated rings. The lowest BCUT2D eigenvalue weighted by atomic mass is 10.1. The Kier molecular flexibility index (Phi) is 4.67. The van der Waals surface area contributed by atoms with Gasteiger partial charge in [0.1, 0.15) is 10.6 Å². The van der Waals surface area contributed by atoms with Gasteiger partial charge in [0.15, 0.2) is 15.6 Å². The number of aryl methyl sites for hydroxylation is 1. The minimum Gasteiger partial charge on any atom is -0.504 e. The summed E-state index contributed by atoms with van der Waals surface area (Å²) in [5.41, 5.74) is 1.41. The first kappa shape index (κ1) is 20.2. The summed E-state index contributed by atoms with van der Waals surface area (Å²) in [5, 5.41) is 10.2. The lowest BCUT2D eigenvalue weighted by Crippen LogP contribution is -2.31. The Balaban J connectivity index is 1.95. The van der Waals surface area contributed by atoms with Crippen molar-refractivity contribution in [1.82, 2.24) is 4.98 Å². The number of sulfone groups is 1. The van der Waals surface area contributed by atoms with Crippen LogP contribution in [0.1, 0.15) is 35.2 Å². The summed E-state index contributed by atoms with van der Waals surface area (Å²) < 4.78 is 52.5. The molecule has 2 aliphatic rings. The largest absolute Gasteiger partial charge is 0.504 e. The predicted octanol–water partition coefficient (Wildman–Crippen LogP) is 3.28. The van der Waals surface area contributed by atoms with E-state index in [9.17, 15) is 21.9 Å². The van der Waals surface area contributed by atoms with Crippen LogP contribution < -0.4 is 4.31 Å². The second kappa shape index (κ2) is 6.72. The average molecular weight is 455 g/mol. The molecule has 0 saturated heterocycles. The Bertz CT molecular complexity index is 1270. The van der Waals surface area contributed by atoms with Crippen LogP contribution >= 0.6 is 11.6 Å². The maximum Gasteiger partial charge on any atom is 0.237 e. The molecule has 4 rings (SSSR count). The molecule has 29 heavy (non-hydrogen) atoms. The number of sulfonamides is 1. The van der Waals surface area contributed by atoms with E-state index in [0.29, 0.717) is 24.0 Å². The van der Waals surface area contributed by atoms with Gasteiger partial charge in [0.2, 0.25) is 10.0 Å². The monoisotopic (exact) mass is 454 g/mol. The number of benzene rings is 1. The van der Waals surface area contributed by atoms with E-state index >= 15 is 0 Å². The minimum atomic E-state index is -3.92.